The normalized spacial score (nSPS) is 15.8. The number of anilines is 1. The topological polar surface area (TPSA) is 86.7 Å². The summed E-state index contributed by atoms with van der Waals surface area (Å²) < 4.78 is 38.5. The van der Waals surface area contributed by atoms with Crippen molar-refractivity contribution in [3.63, 3.8) is 0 Å². The van der Waals surface area contributed by atoms with Gasteiger partial charge in [0.25, 0.3) is 0 Å². The molecule has 0 atom stereocenters. The van der Waals surface area contributed by atoms with Crippen molar-refractivity contribution in [1.82, 2.24) is 15.6 Å². The third-order valence-electron chi connectivity index (χ3n) is 5.11. The molecule has 0 spiro atoms. The molecule has 2 aromatic rings. The highest BCUT2D eigenvalue weighted by Crippen LogP contribution is 2.18. The van der Waals surface area contributed by atoms with Crippen LogP contribution in [-0.2, 0) is 9.84 Å². The molecule has 0 radical (unpaired) electrons. The molecule has 0 saturated carbocycles. The standard InChI is InChI=1S/C21H28FN5O2S/c1-16-7-8-20(25-15-16)27-12-9-17(10-13-27)26-21(23-2)24-11-14-30(28,29)19-6-4-3-5-18(19)22/h3-8,15,17H,9-14H2,1-2H3,(H2,23,24,26). The van der Waals surface area contributed by atoms with Crippen LogP contribution in [0.15, 0.2) is 52.5 Å². The number of piperidine rings is 1. The Labute approximate surface area is 177 Å². The van der Waals surface area contributed by atoms with Gasteiger partial charge in [-0.3, -0.25) is 4.99 Å². The Morgan fingerprint density at radius 1 is 1.23 bits per heavy atom. The van der Waals surface area contributed by atoms with Gasteiger partial charge in [0.2, 0.25) is 0 Å². The van der Waals surface area contributed by atoms with Gasteiger partial charge >= 0.3 is 0 Å². The van der Waals surface area contributed by atoms with Gasteiger partial charge in [0.05, 0.1) is 5.75 Å². The van der Waals surface area contributed by atoms with Crippen molar-refractivity contribution < 1.29 is 12.8 Å². The van der Waals surface area contributed by atoms with Crippen molar-refractivity contribution in [3.8, 4) is 0 Å². The van der Waals surface area contributed by atoms with Crippen molar-refractivity contribution in [2.75, 3.05) is 37.3 Å². The Bertz CT molecular complexity index is 971. The van der Waals surface area contributed by atoms with Crippen LogP contribution in [0.1, 0.15) is 18.4 Å². The number of nitrogens with zero attached hydrogens (tertiary/aromatic N) is 3. The first-order valence-corrected chi connectivity index (χ1v) is 11.7. The zero-order chi connectivity index (χ0) is 21.6. The Morgan fingerprint density at radius 3 is 2.60 bits per heavy atom. The lowest BCUT2D eigenvalue weighted by Crippen LogP contribution is -2.49. The van der Waals surface area contributed by atoms with E-state index in [1.165, 1.54) is 18.2 Å². The van der Waals surface area contributed by atoms with Gasteiger partial charge in [-0.05, 0) is 43.5 Å². The molecule has 1 aromatic heterocycles. The van der Waals surface area contributed by atoms with Crippen LogP contribution in [0.4, 0.5) is 10.2 Å². The molecule has 1 fully saturated rings. The molecule has 162 valence electrons. The fourth-order valence-corrected chi connectivity index (χ4v) is 4.64. The first kappa shape index (κ1) is 22.0. The fraction of sp³-hybridized carbons (Fsp3) is 0.429. The quantitative estimate of drug-likeness (QED) is 0.536. The molecule has 0 amide bonds. The molecule has 9 heteroatoms. The smallest absolute Gasteiger partial charge is 0.191 e. The van der Waals surface area contributed by atoms with E-state index in [9.17, 15) is 12.8 Å². The van der Waals surface area contributed by atoms with Gasteiger partial charge < -0.3 is 15.5 Å². The van der Waals surface area contributed by atoms with E-state index in [0.29, 0.717) is 5.96 Å². The highest BCUT2D eigenvalue weighted by molar-refractivity contribution is 7.91. The molecule has 1 aliphatic heterocycles. The van der Waals surface area contributed by atoms with Gasteiger partial charge in [-0.2, -0.15) is 0 Å². The molecule has 1 aliphatic rings. The van der Waals surface area contributed by atoms with Gasteiger partial charge in [-0.15, -0.1) is 0 Å². The van der Waals surface area contributed by atoms with Crippen molar-refractivity contribution in [2.45, 2.75) is 30.7 Å². The van der Waals surface area contributed by atoms with Gasteiger partial charge in [-0.25, -0.2) is 17.8 Å². The minimum atomic E-state index is -3.70. The molecular weight excluding hydrogens is 405 g/mol. The van der Waals surface area contributed by atoms with E-state index in [1.807, 2.05) is 19.2 Å². The van der Waals surface area contributed by atoms with Crippen LogP contribution in [0, 0.1) is 12.7 Å². The van der Waals surface area contributed by atoms with Crippen molar-refractivity contribution in [3.05, 3.63) is 54.0 Å². The number of sulfone groups is 1. The van der Waals surface area contributed by atoms with Crippen molar-refractivity contribution >= 4 is 21.6 Å². The maximum Gasteiger partial charge on any atom is 0.191 e. The van der Waals surface area contributed by atoms with Gasteiger partial charge in [0.1, 0.15) is 16.5 Å². The molecule has 7 nitrogen and oxygen atoms in total. The first-order chi connectivity index (χ1) is 14.4. The van der Waals surface area contributed by atoms with Gasteiger partial charge in [0, 0.05) is 38.9 Å². The van der Waals surface area contributed by atoms with E-state index in [0.717, 1.165) is 43.4 Å². The Kier molecular flexibility index (Phi) is 7.25. The second-order valence-electron chi connectivity index (χ2n) is 7.35. The van der Waals surface area contributed by atoms with Crippen LogP contribution in [0.5, 0.6) is 0 Å². The van der Waals surface area contributed by atoms with Crippen LogP contribution in [0.3, 0.4) is 0 Å². The van der Waals surface area contributed by atoms with E-state index in [-0.39, 0.29) is 23.2 Å². The highest BCUT2D eigenvalue weighted by Gasteiger charge is 2.22. The van der Waals surface area contributed by atoms with Gasteiger partial charge in [-0.1, -0.05) is 18.2 Å². The summed E-state index contributed by atoms with van der Waals surface area (Å²) in [7, 11) is -2.06. The monoisotopic (exact) mass is 433 g/mol. The second-order valence-corrected chi connectivity index (χ2v) is 9.43. The molecule has 3 rings (SSSR count). The third-order valence-corrected chi connectivity index (χ3v) is 6.86. The lowest BCUT2D eigenvalue weighted by Gasteiger charge is -2.33. The van der Waals surface area contributed by atoms with E-state index in [2.05, 4.69) is 31.6 Å². The maximum absolute atomic E-state index is 13.8. The number of benzene rings is 1. The summed E-state index contributed by atoms with van der Waals surface area (Å²) in [5.41, 5.74) is 1.14. The molecule has 2 N–H and O–H groups in total. The predicted molar refractivity (Wildman–Crippen MR) is 117 cm³/mol. The summed E-state index contributed by atoms with van der Waals surface area (Å²) in [6.07, 6.45) is 3.72. The molecule has 2 heterocycles. The van der Waals surface area contributed by atoms with Crippen LogP contribution in [-0.4, -0.2) is 57.8 Å². The lowest BCUT2D eigenvalue weighted by molar-refractivity contribution is 0.460. The molecule has 30 heavy (non-hydrogen) atoms. The minimum Gasteiger partial charge on any atom is -0.356 e. The second kappa shape index (κ2) is 9.88. The minimum absolute atomic E-state index is 0.141. The summed E-state index contributed by atoms with van der Waals surface area (Å²) in [6, 6.07) is 9.77. The largest absolute Gasteiger partial charge is 0.356 e. The number of aliphatic imine (C=N–C) groups is 1. The number of pyridine rings is 1. The molecule has 1 aromatic carbocycles. The average molecular weight is 434 g/mol. The zero-order valence-electron chi connectivity index (χ0n) is 17.3. The summed E-state index contributed by atoms with van der Waals surface area (Å²) >= 11 is 0. The number of guanidine groups is 1. The SMILES string of the molecule is CN=C(NCCS(=O)(=O)c1ccccc1F)NC1CCN(c2ccc(C)cn2)CC1. The van der Waals surface area contributed by atoms with Crippen LogP contribution < -0.4 is 15.5 Å². The number of rotatable bonds is 6. The van der Waals surface area contributed by atoms with E-state index >= 15 is 0 Å². The molecule has 0 bridgehead atoms. The predicted octanol–water partition coefficient (Wildman–Crippen LogP) is 2.14. The lowest BCUT2D eigenvalue weighted by atomic mass is 10.1. The Balaban J connectivity index is 1.46. The summed E-state index contributed by atoms with van der Waals surface area (Å²) in [5.74, 6) is 0.590. The third kappa shape index (κ3) is 5.69. The number of hydrogen-bond donors (Lipinski definition) is 2. The number of hydrogen-bond acceptors (Lipinski definition) is 5. The molecular formula is C21H28FN5O2S. The number of halogens is 1. The number of nitrogens with one attached hydrogen (secondary N) is 2. The summed E-state index contributed by atoms with van der Waals surface area (Å²) in [6.45, 7) is 3.92. The number of aromatic nitrogens is 1. The van der Waals surface area contributed by atoms with Crippen LogP contribution in [0.25, 0.3) is 0 Å². The zero-order valence-corrected chi connectivity index (χ0v) is 18.1. The van der Waals surface area contributed by atoms with Crippen LogP contribution in [0.2, 0.25) is 0 Å². The summed E-state index contributed by atoms with van der Waals surface area (Å²) in [4.78, 5) is 10.7. The fourth-order valence-electron chi connectivity index (χ4n) is 3.40. The highest BCUT2D eigenvalue weighted by atomic mass is 32.2. The van der Waals surface area contributed by atoms with Crippen LogP contribution >= 0.6 is 0 Å². The number of aryl methyl sites for hydroxylation is 1. The maximum atomic E-state index is 13.8. The molecule has 0 unspecified atom stereocenters. The Hall–Kier alpha value is -2.68. The van der Waals surface area contributed by atoms with Gasteiger partial charge in [0.15, 0.2) is 15.8 Å². The molecule has 1 saturated heterocycles. The van der Waals surface area contributed by atoms with E-state index in [1.54, 1.807) is 7.05 Å². The van der Waals surface area contributed by atoms with Crippen molar-refractivity contribution in [1.29, 1.82) is 0 Å². The Morgan fingerprint density at radius 2 is 1.97 bits per heavy atom. The average Bonchev–Trinajstić information content (AvgIpc) is 2.74. The summed E-state index contributed by atoms with van der Waals surface area (Å²) in [5, 5.41) is 6.37. The van der Waals surface area contributed by atoms with E-state index < -0.39 is 15.7 Å². The van der Waals surface area contributed by atoms with Crippen molar-refractivity contribution in [2.24, 2.45) is 4.99 Å². The molecule has 0 aliphatic carbocycles. The van der Waals surface area contributed by atoms with E-state index in [4.69, 9.17) is 0 Å². The first-order valence-electron chi connectivity index (χ1n) is 10.0.